The van der Waals surface area contributed by atoms with Gasteiger partial charge in [0.15, 0.2) is 0 Å². The van der Waals surface area contributed by atoms with E-state index in [0.29, 0.717) is 12.2 Å². The normalized spacial score (nSPS) is 10.6. The van der Waals surface area contributed by atoms with Crippen LogP contribution in [0.5, 0.6) is 0 Å². The summed E-state index contributed by atoms with van der Waals surface area (Å²) in [5.74, 6) is 0. The van der Waals surface area contributed by atoms with Gasteiger partial charge in [0, 0.05) is 12.2 Å². The Morgan fingerprint density at radius 1 is 1.29 bits per heavy atom. The van der Waals surface area contributed by atoms with Gasteiger partial charge in [-0.15, -0.1) is 0 Å². The molecule has 0 aliphatic carbocycles. The van der Waals surface area contributed by atoms with Gasteiger partial charge in [0.25, 0.3) is 0 Å². The van der Waals surface area contributed by atoms with E-state index in [1.165, 1.54) is 9.25 Å². The highest BCUT2D eigenvalue weighted by Crippen LogP contribution is 2.08. The Labute approximate surface area is 99.5 Å². The molecule has 0 bridgehead atoms. The molecule has 0 aliphatic heterocycles. The van der Waals surface area contributed by atoms with Crippen LogP contribution in [0.3, 0.4) is 0 Å². The minimum absolute atomic E-state index is 0.108. The van der Waals surface area contributed by atoms with Crippen LogP contribution in [0.15, 0.2) is 35.4 Å². The largest absolute Gasteiger partial charge is 0.399 e. The van der Waals surface area contributed by atoms with Gasteiger partial charge in [-0.05, 0) is 30.7 Å². The first-order valence-corrected chi connectivity index (χ1v) is 5.72. The van der Waals surface area contributed by atoms with Crippen molar-refractivity contribution in [2.45, 2.75) is 26.3 Å². The van der Waals surface area contributed by atoms with Gasteiger partial charge in [0.1, 0.15) is 6.33 Å². The smallest absolute Gasteiger partial charge is 0.350 e. The van der Waals surface area contributed by atoms with Crippen LogP contribution in [-0.4, -0.2) is 14.3 Å². The minimum atomic E-state index is -0.108. The van der Waals surface area contributed by atoms with Gasteiger partial charge in [-0.3, -0.25) is 0 Å². The molecule has 2 aromatic rings. The van der Waals surface area contributed by atoms with Gasteiger partial charge in [-0.25, -0.2) is 14.0 Å². The third kappa shape index (κ3) is 2.38. The molecule has 90 valence electrons. The van der Waals surface area contributed by atoms with E-state index >= 15 is 0 Å². The maximum atomic E-state index is 12.0. The molecule has 0 amide bonds. The van der Waals surface area contributed by atoms with E-state index in [-0.39, 0.29) is 5.69 Å². The molecule has 17 heavy (non-hydrogen) atoms. The molecule has 0 saturated heterocycles. The molecule has 0 saturated carbocycles. The first-order valence-electron chi connectivity index (χ1n) is 5.72. The summed E-state index contributed by atoms with van der Waals surface area (Å²) in [6.07, 6.45) is 3.54. The lowest BCUT2D eigenvalue weighted by molar-refractivity contribution is 0.551. The first kappa shape index (κ1) is 11.4. The second-order valence-corrected chi connectivity index (χ2v) is 3.95. The molecule has 5 nitrogen and oxygen atoms in total. The molecule has 1 aromatic carbocycles. The molecule has 0 unspecified atom stereocenters. The highest BCUT2D eigenvalue weighted by atomic mass is 16.2. The number of nitrogens with zero attached hydrogens (tertiary/aromatic N) is 3. The predicted molar refractivity (Wildman–Crippen MR) is 67.1 cm³/mol. The van der Waals surface area contributed by atoms with Crippen molar-refractivity contribution >= 4 is 5.69 Å². The summed E-state index contributed by atoms with van der Waals surface area (Å²) in [7, 11) is 0. The van der Waals surface area contributed by atoms with Crippen molar-refractivity contribution in [2.75, 3.05) is 5.73 Å². The SMILES string of the molecule is CCCCn1ncn(-c2ccc(N)cc2)c1=O. The van der Waals surface area contributed by atoms with Crippen LogP contribution in [0, 0.1) is 0 Å². The third-order valence-corrected chi connectivity index (χ3v) is 2.63. The third-order valence-electron chi connectivity index (χ3n) is 2.63. The molecule has 0 radical (unpaired) electrons. The summed E-state index contributed by atoms with van der Waals surface area (Å²) in [5.41, 5.74) is 6.96. The van der Waals surface area contributed by atoms with Gasteiger partial charge in [-0.1, -0.05) is 13.3 Å². The number of hydrogen-bond donors (Lipinski definition) is 1. The Morgan fingerprint density at radius 2 is 2.00 bits per heavy atom. The molecule has 0 aliphatic rings. The molecule has 1 aromatic heterocycles. The van der Waals surface area contributed by atoms with Crippen molar-refractivity contribution in [1.82, 2.24) is 14.3 Å². The van der Waals surface area contributed by atoms with Crippen LogP contribution in [0.1, 0.15) is 19.8 Å². The summed E-state index contributed by atoms with van der Waals surface area (Å²) >= 11 is 0. The standard InChI is InChI=1S/C12H16N4O/c1-2-3-8-16-12(17)15(9-14-16)11-6-4-10(13)5-7-11/h4-7,9H,2-3,8,13H2,1H3. The lowest BCUT2D eigenvalue weighted by Crippen LogP contribution is -2.23. The monoisotopic (exact) mass is 232 g/mol. The number of aryl methyl sites for hydroxylation is 1. The van der Waals surface area contributed by atoms with Crippen molar-refractivity contribution in [3.8, 4) is 5.69 Å². The Bertz CT molecular complexity index is 538. The minimum Gasteiger partial charge on any atom is -0.399 e. The lowest BCUT2D eigenvalue weighted by Gasteiger charge is -2.00. The number of anilines is 1. The van der Waals surface area contributed by atoms with E-state index in [1.807, 2.05) is 12.1 Å². The summed E-state index contributed by atoms with van der Waals surface area (Å²) < 4.78 is 3.01. The van der Waals surface area contributed by atoms with Crippen LogP contribution in [0.2, 0.25) is 0 Å². The fourth-order valence-corrected chi connectivity index (χ4v) is 1.61. The quantitative estimate of drug-likeness (QED) is 0.811. The maximum Gasteiger partial charge on any atom is 0.350 e. The van der Waals surface area contributed by atoms with Gasteiger partial charge in [-0.2, -0.15) is 5.10 Å². The number of unbranched alkanes of at least 4 members (excludes halogenated alkanes) is 1. The van der Waals surface area contributed by atoms with E-state index in [1.54, 1.807) is 18.5 Å². The molecular weight excluding hydrogens is 216 g/mol. The van der Waals surface area contributed by atoms with Crippen molar-refractivity contribution in [2.24, 2.45) is 0 Å². The molecular formula is C12H16N4O. The summed E-state index contributed by atoms with van der Waals surface area (Å²) in [6.45, 7) is 2.75. The summed E-state index contributed by atoms with van der Waals surface area (Å²) in [6, 6.07) is 7.15. The van der Waals surface area contributed by atoms with Crippen LogP contribution < -0.4 is 11.4 Å². The number of rotatable bonds is 4. The van der Waals surface area contributed by atoms with Gasteiger partial charge in [0.05, 0.1) is 5.69 Å². The lowest BCUT2D eigenvalue weighted by atomic mass is 10.3. The number of hydrogen-bond acceptors (Lipinski definition) is 3. The van der Waals surface area contributed by atoms with Crippen molar-refractivity contribution in [3.05, 3.63) is 41.1 Å². The molecule has 2 rings (SSSR count). The second kappa shape index (κ2) is 4.86. The Morgan fingerprint density at radius 3 is 2.65 bits per heavy atom. The van der Waals surface area contributed by atoms with E-state index in [2.05, 4.69) is 12.0 Å². The fourth-order valence-electron chi connectivity index (χ4n) is 1.61. The predicted octanol–water partition coefficient (Wildman–Crippen LogP) is 1.42. The maximum absolute atomic E-state index is 12.0. The van der Waals surface area contributed by atoms with Gasteiger partial charge >= 0.3 is 5.69 Å². The van der Waals surface area contributed by atoms with Crippen LogP contribution in [-0.2, 0) is 6.54 Å². The second-order valence-electron chi connectivity index (χ2n) is 3.95. The molecule has 1 heterocycles. The average molecular weight is 232 g/mol. The van der Waals surface area contributed by atoms with Crippen molar-refractivity contribution in [3.63, 3.8) is 0 Å². The highest BCUT2D eigenvalue weighted by Gasteiger charge is 2.05. The molecule has 0 atom stereocenters. The van der Waals surface area contributed by atoms with Gasteiger partial charge in [0.2, 0.25) is 0 Å². The molecule has 2 N–H and O–H groups in total. The number of aromatic nitrogens is 3. The zero-order chi connectivity index (χ0) is 12.3. The zero-order valence-corrected chi connectivity index (χ0v) is 9.84. The van der Waals surface area contributed by atoms with Crippen LogP contribution in [0.4, 0.5) is 5.69 Å². The van der Waals surface area contributed by atoms with Gasteiger partial charge < -0.3 is 5.73 Å². The zero-order valence-electron chi connectivity index (χ0n) is 9.84. The summed E-state index contributed by atoms with van der Waals surface area (Å²) in [4.78, 5) is 12.0. The number of benzene rings is 1. The van der Waals surface area contributed by atoms with Crippen molar-refractivity contribution < 1.29 is 0 Å². The van der Waals surface area contributed by atoms with E-state index in [4.69, 9.17) is 5.73 Å². The van der Waals surface area contributed by atoms with Crippen molar-refractivity contribution in [1.29, 1.82) is 0 Å². The average Bonchev–Trinajstić information content (AvgIpc) is 2.69. The van der Waals surface area contributed by atoms with Crippen LogP contribution >= 0.6 is 0 Å². The van der Waals surface area contributed by atoms with Crippen LogP contribution in [0.25, 0.3) is 5.69 Å². The topological polar surface area (TPSA) is 65.8 Å². The first-order chi connectivity index (χ1) is 8.22. The number of nitrogen functional groups attached to an aromatic ring is 1. The van der Waals surface area contributed by atoms with E-state index in [9.17, 15) is 4.79 Å². The van der Waals surface area contributed by atoms with E-state index in [0.717, 1.165) is 18.5 Å². The molecule has 0 spiro atoms. The Balaban J connectivity index is 2.31. The Kier molecular flexibility index (Phi) is 3.27. The highest BCUT2D eigenvalue weighted by molar-refractivity contribution is 5.44. The Hall–Kier alpha value is -2.04. The number of nitrogens with two attached hydrogens (primary N) is 1. The molecule has 0 fully saturated rings. The fraction of sp³-hybridized carbons (Fsp3) is 0.333. The summed E-state index contributed by atoms with van der Waals surface area (Å²) in [5, 5.41) is 4.09. The van der Waals surface area contributed by atoms with E-state index < -0.39 is 0 Å². The molecule has 5 heteroatoms.